The number of nitrogens with zero attached hydrogens (tertiary/aromatic N) is 3. The summed E-state index contributed by atoms with van der Waals surface area (Å²) in [4.78, 5) is 8.88. The summed E-state index contributed by atoms with van der Waals surface area (Å²) in [6, 6.07) is 11.7. The minimum Gasteiger partial charge on any atom is -0.497 e. The maximum absolute atomic E-state index is 5.24. The predicted molar refractivity (Wildman–Crippen MR) is 96.5 cm³/mol. The Kier molecular flexibility index (Phi) is 5.13. The van der Waals surface area contributed by atoms with E-state index < -0.39 is 0 Å². The minimum atomic E-state index is 0.575. The van der Waals surface area contributed by atoms with Gasteiger partial charge >= 0.3 is 0 Å². The number of nitrogens with one attached hydrogen (secondary N) is 2. The second-order valence-electron chi connectivity index (χ2n) is 5.69. The number of hydrogen-bond acceptors (Lipinski definition) is 7. The molecule has 25 heavy (non-hydrogen) atoms. The second kappa shape index (κ2) is 7.65. The SMILES string of the molecule is COc1cccc(CCNc2nc(C)cc(Nc3cc(C)on3)n2)c1. The van der Waals surface area contributed by atoms with Gasteiger partial charge in [-0.2, -0.15) is 4.98 Å². The van der Waals surface area contributed by atoms with Gasteiger partial charge in [0.25, 0.3) is 0 Å². The van der Waals surface area contributed by atoms with Gasteiger partial charge in [-0.05, 0) is 38.0 Å². The molecule has 0 aliphatic carbocycles. The normalized spacial score (nSPS) is 10.5. The van der Waals surface area contributed by atoms with Crippen LogP contribution in [0, 0.1) is 13.8 Å². The molecular formula is C18H21N5O2. The number of rotatable bonds is 7. The first-order valence-electron chi connectivity index (χ1n) is 8.05. The van der Waals surface area contributed by atoms with E-state index in [9.17, 15) is 0 Å². The molecule has 0 bridgehead atoms. The van der Waals surface area contributed by atoms with Crippen molar-refractivity contribution in [3.8, 4) is 5.75 Å². The molecule has 0 aliphatic rings. The molecule has 7 heteroatoms. The van der Waals surface area contributed by atoms with Crippen LogP contribution in [0.15, 0.2) is 40.9 Å². The standard InChI is InChI=1S/C18H21N5O2/c1-12-9-16(21-17-10-13(2)25-23-17)22-18(20-12)19-8-7-14-5-4-6-15(11-14)24-3/h4-6,9-11H,7-8H2,1-3H3,(H2,19,20,21,22,23). The van der Waals surface area contributed by atoms with E-state index in [1.807, 2.05) is 44.2 Å². The van der Waals surface area contributed by atoms with Gasteiger partial charge in [-0.3, -0.25) is 0 Å². The van der Waals surface area contributed by atoms with Crippen LogP contribution < -0.4 is 15.4 Å². The Labute approximate surface area is 146 Å². The summed E-state index contributed by atoms with van der Waals surface area (Å²) >= 11 is 0. The fourth-order valence-electron chi connectivity index (χ4n) is 2.41. The van der Waals surface area contributed by atoms with Crippen LogP contribution in [0.4, 0.5) is 17.6 Å². The van der Waals surface area contributed by atoms with E-state index in [2.05, 4.69) is 31.8 Å². The summed E-state index contributed by atoms with van der Waals surface area (Å²) in [7, 11) is 1.67. The van der Waals surface area contributed by atoms with Crippen molar-refractivity contribution in [1.29, 1.82) is 0 Å². The molecule has 0 radical (unpaired) electrons. The van der Waals surface area contributed by atoms with Crippen molar-refractivity contribution >= 4 is 17.6 Å². The third kappa shape index (κ3) is 4.69. The van der Waals surface area contributed by atoms with E-state index in [1.54, 1.807) is 7.11 Å². The van der Waals surface area contributed by atoms with Crippen molar-refractivity contribution in [2.24, 2.45) is 0 Å². The molecule has 130 valence electrons. The molecule has 2 aromatic heterocycles. The summed E-state index contributed by atoms with van der Waals surface area (Å²) in [5.74, 6) is 3.47. The molecule has 0 unspecified atom stereocenters. The topological polar surface area (TPSA) is 85.1 Å². The quantitative estimate of drug-likeness (QED) is 0.681. The minimum absolute atomic E-state index is 0.575. The number of aromatic nitrogens is 3. The summed E-state index contributed by atoms with van der Waals surface area (Å²) < 4.78 is 10.3. The van der Waals surface area contributed by atoms with Gasteiger partial charge < -0.3 is 19.9 Å². The third-order valence-corrected chi connectivity index (χ3v) is 3.57. The predicted octanol–water partition coefficient (Wildman–Crippen LogP) is 3.49. The number of benzene rings is 1. The van der Waals surface area contributed by atoms with E-state index in [-0.39, 0.29) is 0 Å². The summed E-state index contributed by atoms with van der Waals surface area (Å²) in [5, 5.41) is 10.3. The van der Waals surface area contributed by atoms with Crippen molar-refractivity contribution < 1.29 is 9.26 Å². The average Bonchev–Trinajstić information content (AvgIpc) is 2.99. The van der Waals surface area contributed by atoms with Crippen molar-refractivity contribution in [3.05, 3.63) is 53.4 Å². The smallest absolute Gasteiger partial charge is 0.224 e. The lowest BCUT2D eigenvalue weighted by atomic mass is 10.1. The van der Waals surface area contributed by atoms with Gasteiger partial charge in [0.2, 0.25) is 5.95 Å². The first-order valence-corrected chi connectivity index (χ1v) is 8.05. The van der Waals surface area contributed by atoms with Crippen LogP contribution >= 0.6 is 0 Å². The first-order chi connectivity index (χ1) is 12.1. The Bertz CT molecular complexity index is 847. The molecule has 3 aromatic rings. The number of ether oxygens (including phenoxy) is 1. The van der Waals surface area contributed by atoms with Crippen LogP contribution in [-0.4, -0.2) is 28.8 Å². The molecule has 0 fully saturated rings. The Morgan fingerprint density at radius 3 is 2.72 bits per heavy atom. The highest BCUT2D eigenvalue weighted by molar-refractivity contribution is 5.53. The third-order valence-electron chi connectivity index (χ3n) is 3.57. The van der Waals surface area contributed by atoms with E-state index in [1.165, 1.54) is 5.56 Å². The fraction of sp³-hybridized carbons (Fsp3) is 0.278. The molecule has 7 nitrogen and oxygen atoms in total. The van der Waals surface area contributed by atoms with E-state index in [0.29, 0.717) is 17.6 Å². The van der Waals surface area contributed by atoms with Crippen LogP contribution in [0.5, 0.6) is 5.75 Å². The second-order valence-corrected chi connectivity index (χ2v) is 5.69. The van der Waals surface area contributed by atoms with Crippen LogP contribution in [0.1, 0.15) is 17.0 Å². The highest BCUT2D eigenvalue weighted by atomic mass is 16.5. The van der Waals surface area contributed by atoms with Crippen molar-refractivity contribution in [2.45, 2.75) is 20.3 Å². The largest absolute Gasteiger partial charge is 0.497 e. The average molecular weight is 339 g/mol. The summed E-state index contributed by atoms with van der Waals surface area (Å²) in [6.45, 7) is 4.49. The number of hydrogen-bond donors (Lipinski definition) is 2. The Morgan fingerprint density at radius 2 is 1.96 bits per heavy atom. The van der Waals surface area contributed by atoms with E-state index in [0.717, 1.165) is 30.2 Å². The highest BCUT2D eigenvalue weighted by Crippen LogP contribution is 2.17. The number of aryl methyl sites for hydroxylation is 2. The molecule has 0 spiro atoms. The van der Waals surface area contributed by atoms with E-state index >= 15 is 0 Å². The molecule has 0 amide bonds. The van der Waals surface area contributed by atoms with Gasteiger partial charge in [0.1, 0.15) is 17.3 Å². The lowest BCUT2D eigenvalue weighted by Gasteiger charge is -2.09. The van der Waals surface area contributed by atoms with Gasteiger partial charge in [0.05, 0.1) is 7.11 Å². The van der Waals surface area contributed by atoms with Crippen LogP contribution in [-0.2, 0) is 6.42 Å². The molecule has 0 atom stereocenters. The first kappa shape index (κ1) is 16.8. The molecule has 3 rings (SSSR count). The Hall–Kier alpha value is -3.09. The van der Waals surface area contributed by atoms with Crippen LogP contribution in [0.2, 0.25) is 0 Å². The number of methoxy groups -OCH3 is 1. The summed E-state index contributed by atoms with van der Waals surface area (Å²) in [6.07, 6.45) is 0.847. The van der Waals surface area contributed by atoms with Crippen molar-refractivity contribution in [2.75, 3.05) is 24.3 Å². The molecule has 2 heterocycles. The maximum atomic E-state index is 5.24. The zero-order chi connectivity index (χ0) is 17.6. The Balaban J connectivity index is 1.62. The molecule has 0 aliphatic heterocycles. The summed E-state index contributed by atoms with van der Waals surface area (Å²) in [5.41, 5.74) is 2.05. The van der Waals surface area contributed by atoms with Crippen LogP contribution in [0.3, 0.4) is 0 Å². The molecule has 0 saturated heterocycles. The highest BCUT2D eigenvalue weighted by Gasteiger charge is 2.05. The van der Waals surface area contributed by atoms with Gasteiger partial charge in [-0.15, -0.1) is 0 Å². The Morgan fingerprint density at radius 1 is 1.08 bits per heavy atom. The number of anilines is 3. The lowest BCUT2D eigenvalue weighted by Crippen LogP contribution is -2.09. The maximum Gasteiger partial charge on any atom is 0.224 e. The van der Waals surface area contributed by atoms with Crippen molar-refractivity contribution in [3.63, 3.8) is 0 Å². The van der Waals surface area contributed by atoms with Crippen molar-refractivity contribution in [1.82, 2.24) is 15.1 Å². The zero-order valence-electron chi connectivity index (χ0n) is 14.5. The van der Waals surface area contributed by atoms with E-state index in [4.69, 9.17) is 9.26 Å². The van der Waals surface area contributed by atoms with Gasteiger partial charge in [0.15, 0.2) is 5.82 Å². The van der Waals surface area contributed by atoms with Gasteiger partial charge in [0, 0.05) is 24.4 Å². The monoisotopic (exact) mass is 339 g/mol. The van der Waals surface area contributed by atoms with Gasteiger partial charge in [-0.25, -0.2) is 4.98 Å². The lowest BCUT2D eigenvalue weighted by molar-refractivity contribution is 0.400. The van der Waals surface area contributed by atoms with Gasteiger partial charge in [-0.1, -0.05) is 17.3 Å². The zero-order valence-corrected chi connectivity index (χ0v) is 14.5. The molecule has 2 N–H and O–H groups in total. The fourth-order valence-corrected chi connectivity index (χ4v) is 2.41. The molecule has 1 aromatic carbocycles. The molecule has 0 saturated carbocycles. The van der Waals surface area contributed by atoms with Crippen LogP contribution in [0.25, 0.3) is 0 Å². The molecular weight excluding hydrogens is 318 g/mol.